The van der Waals surface area contributed by atoms with E-state index in [0.717, 1.165) is 6.54 Å². The lowest BCUT2D eigenvalue weighted by atomic mass is 9.96. The van der Waals surface area contributed by atoms with Crippen molar-refractivity contribution < 1.29 is 0 Å². The fourth-order valence-electron chi connectivity index (χ4n) is 2.42. The zero-order valence-corrected chi connectivity index (χ0v) is 12.3. The van der Waals surface area contributed by atoms with Gasteiger partial charge in [0.05, 0.1) is 0 Å². The third-order valence-electron chi connectivity index (χ3n) is 3.63. The van der Waals surface area contributed by atoms with Gasteiger partial charge in [-0.15, -0.1) is 0 Å². The topological polar surface area (TPSA) is 12.0 Å². The molecule has 100 valence electrons. The van der Waals surface area contributed by atoms with E-state index < -0.39 is 0 Å². The molecule has 1 atom stereocenters. The number of aryl methyl sites for hydroxylation is 2. The maximum Gasteiger partial charge on any atom is 0.0291 e. The summed E-state index contributed by atoms with van der Waals surface area (Å²) in [5.41, 5.74) is 6.62. The van der Waals surface area contributed by atoms with Gasteiger partial charge in [0.15, 0.2) is 0 Å². The van der Waals surface area contributed by atoms with Crippen LogP contribution in [0.15, 0.2) is 42.5 Å². The average molecular weight is 253 g/mol. The molecule has 0 heterocycles. The van der Waals surface area contributed by atoms with Gasteiger partial charge >= 0.3 is 0 Å². The van der Waals surface area contributed by atoms with Crippen LogP contribution in [0.2, 0.25) is 0 Å². The molecule has 1 unspecified atom stereocenters. The lowest BCUT2D eigenvalue weighted by Gasteiger charge is -2.14. The van der Waals surface area contributed by atoms with Gasteiger partial charge in [0.2, 0.25) is 0 Å². The van der Waals surface area contributed by atoms with Crippen LogP contribution in [-0.4, -0.2) is 6.54 Å². The minimum atomic E-state index is 0.414. The molecule has 0 aliphatic rings. The Hall–Kier alpha value is -1.60. The summed E-state index contributed by atoms with van der Waals surface area (Å²) in [4.78, 5) is 0. The van der Waals surface area contributed by atoms with Gasteiger partial charge in [0.25, 0.3) is 0 Å². The predicted molar refractivity (Wildman–Crippen MR) is 83.4 cm³/mol. The summed E-state index contributed by atoms with van der Waals surface area (Å²) in [5, 5.41) is 3.44. The fourth-order valence-corrected chi connectivity index (χ4v) is 2.42. The maximum atomic E-state index is 3.44. The third-order valence-corrected chi connectivity index (χ3v) is 3.63. The van der Waals surface area contributed by atoms with E-state index in [4.69, 9.17) is 0 Å². The summed E-state index contributed by atoms with van der Waals surface area (Å²) in [6.45, 7) is 9.66. The van der Waals surface area contributed by atoms with Crippen LogP contribution in [0.5, 0.6) is 0 Å². The Balaban J connectivity index is 2.29. The van der Waals surface area contributed by atoms with Crippen LogP contribution in [0.4, 0.5) is 0 Å². The van der Waals surface area contributed by atoms with E-state index in [0.29, 0.717) is 6.04 Å². The van der Waals surface area contributed by atoms with E-state index in [9.17, 15) is 0 Å². The van der Waals surface area contributed by atoms with Crippen LogP contribution < -0.4 is 5.32 Å². The van der Waals surface area contributed by atoms with Crippen molar-refractivity contribution in [1.82, 2.24) is 5.32 Å². The molecule has 0 aliphatic carbocycles. The van der Waals surface area contributed by atoms with Crippen LogP contribution in [0, 0.1) is 13.8 Å². The lowest BCUT2D eigenvalue weighted by Crippen LogP contribution is -2.17. The quantitative estimate of drug-likeness (QED) is 0.837. The summed E-state index contributed by atoms with van der Waals surface area (Å²) in [7, 11) is 0. The number of benzene rings is 2. The molecular formula is C18H23N. The second-order valence-electron chi connectivity index (χ2n) is 5.22. The molecule has 1 nitrogen and oxygen atoms in total. The van der Waals surface area contributed by atoms with Gasteiger partial charge in [-0.2, -0.15) is 0 Å². The van der Waals surface area contributed by atoms with Gasteiger partial charge < -0.3 is 5.32 Å². The molecule has 1 heteroatoms. The first-order valence-corrected chi connectivity index (χ1v) is 7.02. The molecule has 19 heavy (non-hydrogen) atoms. The molecule has 2 aromatic rings. The van der Waals surface area contributed by atoms with Crippen molar-refractivity contribution in [3.8, 4) is 11.1 Å². The monoisotopic (exact) mass is 253 g/mol. The van der Waals surface area contributed by atoms with Crippen LogP contribution in [0.25, 0.3) is 11.1 Å². The average Bonchev–Trinajstić information content (AvgIpc) is 2.42. The van der Waals surface area contributed by atoms with Crippen molar-refractivity contribution in [3.05, 3.63) is 59.2 Å². The molecule has 0 saturated heterocycles. The Morgan fingerprint density at radius 1 is 1.00 bits per heavy atom. The molecular weight excluding hydrogens is 230 g/mol. The van der Waals surface area contributed by atoms with E-state index in [2.05, 4.69) is 75.5 Å². The third kappa shape index (κ3) is 3.24. The lowest BCUT2D eigenvalue weighted by molar-refractivity contribution is 0.598. The number of rotatable bonds is 4. The number of hydrogen-bond acceptors (Lipinski definition) is 1. The molecule has 0 fully saturated rings. The van der Waals surface area contributed by atoms with Gasteiger partial charge in [0.1, 0.15) is 0 Å². The molecule has 0 spiro atoms. The molecule has 2 rings (SSSR count). The van der Waals surface area contributed by atoms with Crippen LogP contribution in [0.1, 0.15) is 36.6 Å². The van der Waals surface area contributed by atoms with E-state index >= 15 is 0 Å². The van der Waals surface area contributed by atoms with Crippen LogP contribution in [-0.2, 0) is 0 Å². The molecule has 0 aliphatic heterocycles. The van der Waals surface area contributed by atoms with E-state index in [1.54, 1.807) is 0 Å². The SMILES string of the molecule is CCNC(C)c1ccc(-c2cc(C)ccc2C)cc1. The van der Waals surface area contributed by atoms with Gasteiger partial charge in [-0.05, 0) is 49.6 Å². The zero-order valence-electron chi connectivity index (χ0n) is 12.3. The number of nitrogens with one attached hydrogen (secondary N) is 1. The highest BCUT2D eigenvalue weighted by Gasteiger charge is 2.05. The maximum absolute atomic E-state index is 3.44. The summed E-state index contributed by atoms with van der Waals surface area (Å²) < 4.78 is 0. The molecule has 2 aromatic carbocycles. The number of hydrogen-bond donors (Lipinski definition) is 1. The zero-order chi connectivity index (χ0) is 13.8. The highest BCUT2D eigenvalue weighted by molar-refractivity contribution is 5.68. The Labute approximate surface area is 116 Å². The van der Waals surface area contributed by atoms with E-state index in [1.807, 2.05) is 0 Å². The van der Waals surface area contributed by atoms with Gasteiger partial charge in [-0.1, -0.05) is 55.0 Å². The normalized spacial score (nSPS) is 12.4. The smallest absolute Gasteiger partial charge is 0.0291 e. The molecule has 0 bridgehead atoms. The molecule has 0 saturated carbocycles. The first-order valence-electron chi connectivity index (χ1n) is 7.02. The summed E-state index contributed by atoms with van der Waals surface area (Å²) in [6, 6.07) is 15.9. The van der Waals surface area contributed by atoms with Gasteiger partial charge in [-0.3, -0.25) is 0 Å². The largest absolute Gasteiger partial charge is 0.310 e. The van der Waals surface area contributed by atoms with E-state index in [1.165, 1.54) is 27.8 Å². The minimum absolute atomic E-state index is 0.414. The molecule has 0 amide bonds. The standard InChI is InChI=1S/C18H23N/c1-5-19-15(4)16-8-10-17(11-9-16)18-12-13(2)6-7-14(18)3/h6-12,15,19H,5H2,1-4H3. The Kier molecular flexibility index (Phi) is 4.39. The Morgan fingerprint density at radius 2 is 1.68 bits per heavy atom. The first-order chi connectivity index (χ1) is 9.11. The minimum Gasteiger partial charge on any atom is -0.310 e. The summed E-state index contributed by atoms with van der Waals surface area (Å²) >= 11 is 0. The van der Waals surface area contributed by atoms with Gasteiger partial charge in [-0.25, -0.2) is 0 Å². The van der Waals surface area contributed by atoms with E-state index in [-0.39, 0.29) is 0 Å². The Bertz CT molecular complexity index is 540. The second-order valence-corrected chi connectivity index (χ2v) is 5.22. The van der Waals surface area contributed by atoms with Crippen LogP contribution in [0.3, 0.4) is 0 Å². The van der Waals surface area contributed by atoms with Crippen molar-refractivity contribution in [3.63, 3.8) is 0 Å². The molecule has 0 aromatic heterocycles. The molecule has 0 radical (unpaired) electrons. The fraction of sp³-hybridized carbons (Fsp3) is 0.333. The van der Waals surface area contributed by atoms with Gasteiger partial charge in [0, 0.05) is 6.04 Å². The van der Waals surface area contributed by atoms with Crippen molar-refractivity contribution >= 4 is 0 Å². The summed E-state index contributed by atoms with van der Waals surface area (Å²) in [5.74, 6) is 0. The van der Waals surface area contributed by atoms with Crippen molar-refractivity contribution in [2.75, 3.05) is 6.54 Å². The van der Waals surface area contributed by atoms with Crippen molar-refractivity contribution in [1.29, 1.82) is 0 Å². The highest BCUT2D eigenvalue weighted by Crippen LogP contribution is 2.26. The highest BCUT2D eigenvalue weighted by atomic mass is 14.9. The molecule has 1 N–H and O–H groups in total. The predicted octanol–water partition coefficient (Wildman–Crippen LogP) is 4.64. The Morgan fingerprint density at radius 3 is 2.32 bits per heavy atom. The van der Waals surface area contributed by atoms with Crippen molar-refractivity contribution in [2.45, 2.75) is 33.7 Å². The summed E-state index contributed by atoms with van der Waals surface area (Å²) in [6.07, 6.45) is 0. The first kappa shape index (κ1) is 13.8. The van der Waals surface area contributed by atoms with Crippen LogP contribution >= 0.6 is 0 Å². The van der Waals surface area contributed by atoms with Crippen molar-refractivity contribution in [2.24, 2.45) is 0 Å². The second kappa shape index (κ2) is 6.03.